The number of sulfone groups is 1. The van der Waals surface area contributed by atoms with Crippen LogP contribution < -0.4 is 5.56 Å². The number of H-pyrrole nitrogens is 1. The van der Waals surface area contributed by atoms with E-state index >= 15 is 0 Å². The third kappa shape index (κ3) is 3.72. The molecule has 124 valence electrons. The normalized spacial score (nSPS) is 11.7. The van der Waals surface area contributed by atoms with Crippen LogP contribution in [0.1, 0.15) is 16.7 Å². The summed E-state index contributed by atoms with van der Waals surface area (Å²) in [6, 6.07) is 15.6. The van der Waals surface area contributed by atoms with Gasteiger partial charge in [0.1, 0.15) is 0 Å². The summed E-state index contributed by atoms with van der Waals surface area (Å²) in [7, 11) is -3.48. The number of nitrogens with one attached hydrogen (secondary N) is 1. The highest BCUT2D eigenvalue weighted by molar-refractivity contribution is 7.89. The summed E-state index contributed by atoms with van der Waals surface area (Å²) in [5, 5.41) is 9.82. The fourth-order valence-corrected chi connectivity index (χ4v) is 4.07. The molecule has 1 aromatic heterocycles. The van der Waals surface area contributed by atoms with Gasteiger partial charge in [0.15, 0.2) is 9.84 Å². The molecule has 0 atom stereocenters. The summed E-state index contributed by atoms with van der Waals surface area (Å²) in [6.45, 7) is -0.0838. The molecular weight excluding hydrogens is 326 g/mol. The van der Waals surface area contributed by atoms with Crippen LogP contribution in [0.15, 0.2) is 59.4 Å². The van der Waals surface area contributed by atoms with Gasteiger partial charge in [-0.1, -0.05) is 42.5 Å². The van der Waals surface area contributed by atoms with Gasteiger partial charge < -0.3 is 10.1 Å². The molecule has 2 aromatic carbocycles. The van der Waals surface area contributed by atoms with Gasteiger partial charge in [-0.25, -0.2) is 8.42 Å². The number of aliphatic hydroxyl groups excluding tert-OH is 1. The first kappa shape index (κ1) is 16.4. The predicted octanol–water partition coefficient (Wildman–Crippen LogP) is 2.14. The van der Waals surface area contributed by atoms with Gasteiger partial charge in [-0.15, -0.1) is 0 Å². The average molecular weight is 343 g/mol. The molecule has 24 heavy (non-hydrogen) atoms. The molecule has 0 aliphatic carbocycles. The predicted molar refractivity (Wildman–Crippen MR) is 93.3 cm³/mol. The number of fused-ring (bicyclic) bond motifs is 1. The van der Waals surface area contributed by atoms with Crippen molar-refractivity contribution in [3.8, 4) is 0 Å². The van der Waals surface area contributed by atoms with Crippen LogP contribution in [0.2, 0.25) is 0 Å². The topological polar surface area (TPSA) is 87.2 Å². The Balaban J connectivity index is 1.85. The zero-order valence-electron chi connectivity index (χ0n) is 12.9. The smallest absolute Gasteiger partial charge is 0.252 e. The Kier molecular flexibility index (Phi) is 4.51. The van der Waals surface area contributed by atoms with Gasteiger partial charge in [-0.2, -0.15) is 0 Å². The largest absolute Gasteiger partial charge is 0.392 e. The van der Waals surface area contributed by atoms with Crippen LogP contribution in [0.3, 0.4) is 0 Å². The number of rotatable bonds is 5. The lowest BCUT2D eigenvalue weighted by Gasteiger charge is -2.06. The van der Waals surface area contributed by atoms with Crippen LogP contribution >= 0.6 is 0 Å². The number of benzene rings is 2. The van der Waals surface area contributed by atoms with Crippen molar-refractivity contribution in [2.75, 3.05) is 0 Å². The fourth-order valence-electron chi connectivity index (χ4n) is 2.58. The second-order valence-electron chi connectivity index (χ2n) is 5.72. The van der Waals surface area contributed by atoms with Crippen molar-refractivity contribution in [3.63, 3.8) is 0 Å². The molecule has 0 spiro atoms. The molecule has 0 aliphatic heterocycles. The number of pyridine rings is 1. The highest BCUT2D eigenvalue weighted by atomic mass is 32.2. The fraction of sp³-hybridized carbons (Fsp3) is 0.167. The molecule has 0 fully saturated rings. The number of hydrogen-bond donors (Lipinski definition) is 2. The third-order valence-electron chi connectivity index (χ3n) is 3.80. The van der Waals surface area contributed by atoms with E-state index in [0.29, 0.717) is 11.1 Å². The molecule has 0 radical (unpaired) electrons. The summed E-state index contributed by atoms with van der Waals surface area (Å²) in [5.41, 5.74) is 1.89. The Morgan fingerprint density at radius 2 is 1.58 bits per heavy atom. The molecule has 0 aliphatic rings. The van der Waals surface area contributed by atoms with Crippen LogP contribution in [0.4, 0.5) is 0 Å². The maximum absolute atomic E-state index is 12.4. The van der Waals surface area contributed by atoms with Gasteiger partial charge in [0.25, 0.3) is 5.56 Å². The molecule has 3 aromatic rings. The summed E-state index contributed by atoms with van der Waals surface area (Å²) < 4.78 is 24.8. The molecule has 2 N–H and O–H groups in total. The van der Waals surface area contributed by atoms with Gasteiger partial charge in [0, 0.05) is 11.1 Å². The van der Waals surface area contributed by atoms with Crippen LogP contribution in [0.5, 0.6) is 0 Å². The van der Waals surface area contributed by atoms with Crippen molar-refractivity contribution in [1.29, 1.82) is 0 Å². The molecule has 1 heterocycles. The standard InChI is InChI=1S/C18H17NO4S/c20-10-13-5-7-14(8-6-13)11-24(22,23)12-16-9-15-3-1-2-4-17(15)19-18(16)21/h1-9,20H,10-12H2,(H,19,21). The number of aromatic nitrogens is 1. The first-order valence-corrected chi connectivity index (χ1v) is 9.29. The van der Waals surface area contributed by atoms with E-state index in [2.05, 4.69) is 4.98 Å². The van der Waals surface area contributed by atoms with E-state index in [1.54, 1.807) is 36.4 Å². The highest BCUT2D eigenvalue weighted by Crippen LogP contribution is 2.15. The lowest BCUT2D eigenvalue weighted by atomic mass is 10.2. The van der Waals surface area contributed by atoms with Crippen molar-refractivity contribution >= 4 is 20.7 Å². The first-order chi connectivity index (χ1) is 11.5. The van der Waals surface area contributed by atoms with Crippen LogP contribution in [0.25, 0.3) is 10.9 Å². The molecule has 0 bridgehead atoms. The summed E-state index contributed by atoms with van der Waals surface area (Å²) >= 11 is 0. The van der Waals surface area contributed by atoms with Crippen molar-refractivity contribution < 1.29 is 13.5 Å². The van der Waals surface area contributed by atoms with Gasteiger partial charge >= 0.3 is 0 Å². The minimum Gasteiger partial charge on any atom is -0.392 e. The molecule has 0 saturated carbocycles. The van der Waals surface area contributed by atoms with E-state index < -0.39 is 9.84 Å². The Bertz CT molecular complexity index is 1020. The van der Waals surface area contributed by atoms with Crippen molar-refractivity contribution in [3.05, 3.63) is 81.6 Å². The van der Waals surface area contributed by atoms with E-state index in [4.69, 9.17) is 5.11 Å². The van der Waals surface area contributed by atoms with E-state index in [-0.39, 0.29) is 29.2 Å². The maximum atomic E-state index is 12.4. The van der Waals surface area contributed by atoms with Crippen molar-refractivity contribution in [1.82, 2.24) is 4.98 Å². The van der Waals surface area contributed by atoms with Gasteiger partial charge in [-0.3, -0.25) is 4.79 Å². The Labute approximate surface area is 139 Å². The number of hydrogen-bond acceptors (Lipinski definition) is 4. The summed E-state index contributed by atoms with van der Waals surface area (Å²) in [6.07, 6.45) is 0. The zero-order valence-corrected chi connectivity index (χ0v) is 13.7. The van der Waals surface area contributed by atoms with Crippen LogP contribution in [-0.2, 0) is 27.9 Å². The van der Waals surface area contributed by atoms with E-state index in [9.17, 15) is 13.2 Å². The zero-order chi connectivity index (χ0) is 17.2. The third-order valence-corrected chi connectivity index (χ3v) is 5.32. The average Bonchev–Trinajstić information content (AvgIpc) is 2.55. The summed E-state index contributed by atoms with van der Waals surface area (Å²) in [5.74, 6) is -0.458. The van der Waals surface area contributed by atoms with Crippen molar-refractivity contribution in [2.45, 2.75) is 18.1 Å². The Morgan fingerprint density at radius 1 is 0.917 bits per heavy atom. The lowest BCUT2D eigenvalue weighted by molar-refractivity contribution is 0.282. The number of para-hydroxylation sites is 1. The Hall–Kier alpha value is -2.44. The highest BCUT2D eigenvalue weighted by Gasteiger charge is 2.16. The Morgan fingerprint density at radius 3 is 2.29 bits per heavy atom. The molecule has 3 rings (SSSR count). The van der Waals surface area contributed by atoms with Crippen molar-refractivity contribution in [2.24, 2.45) is 0 Å². The van der Waals surface area contributed by atoms with Crippen LogP contribution in [-0.4, -0.2) is 18.5 Å². The lowest BCUT2D eigenvalue weighted by Crippen LogP contribution is -2.17. The second-order valence-corrected chi connectivity index (χ2v) is 7.78. The van der Waals surface area contributed by atoms with Gasteiger partial charge in [0.2, 0.25) is 0 Å². The molecule has 0 saturated heterocycles. The van der Waals surface area contributed by atoms with Crippen LogP contribution in [0, 0.1) is 0 Å². The van der Waals surface area contributed by atoms with E-state index in [0.717, 1.165) is 10.9 Å². The summed E-state index contributed by atoms with van der Waals surface area (Å²) in [4.78, 5) is 14.8. The maximum Gasteiger partial charge on any atom is 0.252 e. The number of aliphatic hydroxyl groups is 1. The SMILES string of the molecule is O=c1[nH]c2ccccc2cc1CS(=O)(=O)Cc1ccc(CO)cc1. The number of aromatic amines is 1. The van der Waals surface area contributed by atoms with Gasteiger partial charge in [-0.05, 0) is 28.6 Å². The van der Waals surface area contributed by atoms with E-state index in [1.165, 1.54) is 0 Å². The minimum absolute atomic E-state index is 0.0838. The monoisotopic (exact) mass is 343 g/mol. The first-order valence-electron chi connectivity index (χ1n) is 7.47. The molecule has 0 amide bonds. The second kappa shape index (κ2) is 6.59. The minimum atomic E-state index is -3.48. The quantitative estimate of drug-likeness (QED) is 0.743. The molecule has 0 unspecified atom stereocenters. The van der Waals surface area contributed by atoms with E-state index in [1.807, 2.05) is 18.2 Å². The molecule has 5 nitrogen and oxygen atoms in total. The molecular formula is C18H17NO4S. The molecule has 6 heteroatoms. The van der Waals surface area contributed by atoms with Gasteiger partial charge in [0.05, 0.1) is 18.1 Å².